The van der Waals surface area contributed by atoms with Crippen LogP contribution < -0.4 is 14.2 Å². The van der Waals surface area contributed by atoms with Crippen molar-refractivity contribution >= 4 is 23.9 Å². The summed E-state index contributed by atoms with van der Waals surface area (Å²) in [5.41, 5.74) is 2.51. The maximum atomic E-state index is 11.9. The summed E-state index contributed by atoms with van der Waals surface area (Å²) >= 11 is 0. The standard InChI is InChI=1S/C23H20O9/c1-12-6-15-13(9-20(24)31-22(15)26)7-17(12)29-4-3-5-30-19-8-14-10-21(25)32-23(27)16(14)11-18(19)28-2/h6-8,11H,3-5,9-10H2,1-2H3. The summed E-state index contributed by atoms with van der Waals surface area (Å²) in [6.07, 6.45) is 0.534. The largest absolute Gasteiger partial charge is 0.493 e. The van der Waals surface area contributed by atoms with E-state index in [2.05, 4.69) is 9.47 Å². The minimum Gasteiger partial charge on any atom is -0.493 e. The highest BCUT2D eigenvalue weighted by Gasteiger charge is 2.27. The monoisotopic (exact) mass is 440 g/mol. The molecule has 2 aromatic carbocycles. The van der Waals surface area contributed by atoms with Crippen LogP contribution in [0.4, 0.5) is 0 Å². The summed E-state index contributed by atoms with van der Waals surface area (Å²) in [6, 6.07) is 6.45. The number of benzene rings is 2. The normalized spacial score (nSPS) is 14.8. The predicted molar refractivity (Wildman–Crippen MR) is 108 cm³/mol. The second kappa shape index (κ2) is 8.70. The molecule has 0 aliphatic carbocycles. The number of cyclic esters (lactones) is 4. The topological polar surface area (TPSA) is 114 Å². The van der Waals surface area contributed by atoms with Gasteiger partial charge in [-0.15, -0.1) is 0 Å². The third-order valence-electron chi connectivity index (χ3n) is 5.12. The molecular weight excluding hydrogens is 420 g/mol. The molecule has 9 nitrogen and oxygen atoms in total. The lowest BCUT2D eigenvalue weighted by Gasteiger charge is -2.18. The van der Waals surface area contributed by atoms with Gasteiger partial charge in [-0.3, -0.25) is 9.59 Å². The fraction of sp³-hybridized carbons (Fsp3) is 0.304. The molecule has 0 fully saturated rings. The number of esters is 4. The lowest BCUT2D eigenvalue weighted by molar-refractivity contribution is -0.139. The molecule has 2 heterocycles. The quantitative estimate of drug-likeness (QED) is 0.363. The van der Waals surface area contributed by atoms with E-state index in [1.807, 2.05) is 0 Å². The number of aryl methyl sites for hydroxylation is 1. The summed E-state index contributed by atoms with van der Waals surface area (Å²) in [5.74, 6) is -1.19. The SMILES string of the molecule is COc1cc2c(cc1OCCCOc1cc3c(cc1C)C(=O)OC(=O)C3)CC(=O)OC2=O. The van der Waals surface area contributed by atoms with Crippen LogP contribution in [0.15, 0.2) is 24.3 Å². The summed E-state index contributed by atoms with van der Waals surface area (Å²) in [7, 11) is 1.45. The number of hydrogen-bond donors (Lipinski definition) is 0. The van der Waals surface area contributed by atoms with Gasteiger partial charge in [-0.2, -0.15) is 0 Å². The lowest BCUT2D eigenvalue weighted by atomic mass is 9.99. The number of ether oxygens (including phenoxy) is 5. The number of hydrogen-bond acceptors (Lipinski definition) is 9. The van der Waals surface area contributed by atoms with E-state index in [1.54, 1.807) is 25.1 Å². The highest BCUT2D eigenvalue weighted by atomic mass is 16.6. The van der Waals surface area contributed by atoms with E-state index in [1.165, 1.54) is 13.2 Å². The molecule has 4 rings (SSSR count). The maximum absolute atomic E-state index is 11.9. The number of fused-ring (bicyclic) bond motifs is 2. The Bertz CT molecular complexity index is 1130. The van der Waals surface area contributed by atoms with Gasteiger partial charge < -0.3 is 23.7 Å². The number of carbonyl (C=O) groups is 4. The average Bonchev–Trinajstić information content (AvgIpc) is 2.73. The fourth-order valence-electron chi connectivity index (χ4n) is 3.56. The van der Waals surface area contributed by atoms with Gasteiger partial charge >= 0.3 is 23.9 Å². The number of carbonyl (C=O) groups excluding carboxylic acids is 4. The van der Waals surface area contributed by atoms with Gasteiger partial charge in [0.15, 0.2) is 11.5 Å². The molecule has 2 aliphatic heterocycles. The molecule has 0 unspecified atom stereocenters. The summed E-state index contributed by atoms with van der Waals surface area (Å²) in [5, 5.41) is 0. The molecule has 0 spiro atoms. The van der Waals surface area contributed by atoms with Gasteiger partial charge in [0.05, 0.1) is 44.3 Å². The van der Waals surface area contributed by atoms with E-state index in [9.17, 15) is 19.2 Å². The zero-order valence-electron chi connectivity index (χ0n) is 17.5. The van der Waals surface area contributed by atoms with Crippen LogP contribution in [-0.4, -0.2) is 44.2 Å². The molecule has 166 valence electrons. The Morgan fingerprint density at radius 2 is 1.28 bits per heavy atom. The van der Waals surface area contributed by atoms with Gasteiger partial charge in [0, 0.05) is 6.42 Å². The summed E-state index contributed by atoms with van der Waals surface area (Å²) in [6.45, 7) is 2.43. The van der Waals surface area contributed by atoms with Crippen LogP contribution in [0, 0.1) is 6.92 Å². The number of methoxy groups -OCH3 is 1. The molecular formula is C23H20O9. The zero-order chi connectivity index (χ0) is 22.8. The van der Waals surface area contributed by atoms with Crippen molar-refractivity contribution in [1.29, 1.82) is 0 Å². The van der Waals surface area contributed by atoms with Crippen LogP contribution in [0.2, 0.25) is 0 Å². The maximum Gasteiger partial charge on any atom is 0.346 e. The first-order chi connectivity index (χ1) is 15.4. The van der Waals surface area contributed by atoms with Crippen molar-refractivity contribution in [2.45, 2.75) is 26.2 Å². The van der Waals surface area contributed by atoms with Crippen LogP contribution in [-0.2, 0) is 31.9 Å². The first-order valence-electron chi connectivity index (χ1n) is 9.95. The predicted octanol–water partition coefficient (Wildman–Crippen LogP) is 2.33. The van der Waals surface area contributed by atoms with Gasteiger partial charge in [0.25, 0.3) is 0 Å². The second-order valence-corrected chi connectivity index (χ2v) is 7.36. The Kier molecular flexibility index (Phi) is 5.81. The van der Waals surface area contributed by atoms with Crippen molar-refractivity contribution in [1.82, 2.24) is 0 Å². The molecule has 32 heavy (non-hydrogen) atoms. The van der Waals surface area contributed by atoms with Crippen molar-refractivity contribution < 1.29 is 42.9 Å². The number of rotatable bonds is 7. The van der Waals surface area contributed by atoms with Crippen LogP contribution in [0.1, 0.15) is 43.8 Å². The molecule has 0 saturated heterocycles. The van der Waals surface area contributed by atoms with E-state index in [0.29, 0.717) is 53.6 Å². The highest BCUT2D eigenvalue weighted by Crippen LogP contribution is 2.33. The van der Waals surface area contributed by atoms with Crippen molar-refractivity contribution in [3.8, 4) is 17.2 Å². The first kappa shape index (κ1) is 21.4. The van der Waals surface area contributed by atoms with Crippen LogP contribution >= 0.6 is 0 Å². The van der Waals surface area contributed by atoms with E-state index in [0.717, 1.165) is 5.56 Å². The Hall–Kier alpha value is -3.88. The Balaban J connectivity index is 1.36. The highest BCUT2D eigenvalue weighted by molar-refractivity contribution is 6.03. The van der Waals surface area contributed by atoms with Crippen molar-refractivity contribution in [3.63, 3.8) is 0 Å². The van der Waals surface area contributed by atoms with Gasteiger partial charge in [-0.25, -0.2) is 9.59 Å². The van der Waals surface area contributed by atoms with Crippen LogP contribution in [0.5, 0.6) is 17.2 Å². The average molecular weight is 440 g/mol. The molecule has 9 heteroatoms. The molecule has 0 atom stereocenters. The van der Waals surface area contributed by atoms with E-state index in [4.69, 9.17) is 14.2 Å². The Morgan fingerprint density at radius 3 is 1.88 bits per heavy atom. The van der Waals surface area contributed by atoms with E-state index in [-0.39, 0.29) is 18.4 Å². The summed E-state index contributed by atoms with van der Waals surface area (Å²) < 4.78 is 26.1. The lowest BCUT2D eigenvalue weighted by Crippen LogP contribution is -2.23. The second-order valence-electron chi connectivity index (χ2n) is 7.36. The smallest absolute Gasteiger partial charge is 0.346 e. The minimum atomic E-state index is -0.704. The Morgan fingerprint density at radius 1 is 0.750 bits per heavy atom. The third kappa shape index (κ3) is 4.27. The molecule has 0 amide bonds. The molecule has 2 aliphatic rings. The van der Waals surface area contributed by atoms with E-state index < -0.39 is 23.9 Å². The molecule has 0 bridgehead atoms. The van der Waals surface area contributed by atoms with Gasteiger partial charge in [-0.05, 0) is 47.9 Å². The molecule has 0 radical (unpaired) electrons. The molecule has 0 aromatic heterocycles. The molecule has 0 N–H and O–H groups in total. The fourth-order valence-corrected chi connectivity index (χ4v) is 3.56. The zero-order valence-corrected chi connectivity index (χ0v) is 17.5. The van der Waals surface area contributed by atoms with Gasteiger partial charge in [-0.1, -0.05) is 0 Å². The van der Waals surface area contributed by atoms with Gasteiger partial charge in [0.2, 0.25) is 0 Å². The van der Waals surface area contributed by atoms with Crippen molar-refractivity contribution in [2.24, 2.45) is 0 Å². The molecule has 0 saturated carbocycles. The third-order valence-corrected chi connectivity index (χ3v) is 5.12. The van der Waals surface area contributed by atoms with Crippen molar-refractivity contribution in [2.75, 3.05) is 20.3 Å². The van der Waals surface area contributed by atoms with Crippen LogP contribution in [0.25, 0.3) is 0 Å². The first-order valence-corrected chi connectivity index (χ1v) is 9.95. The summed E-state index contributed by atoms with van der Waals surface area (Å²) in [4.78, 5) is 46.7. The Labute approximate surface area is 183 Å². The minimum absolute atomic E-state index is 0.0157. The molecule has 2 aromatic rings. The van der Waals surface area contributed by atoms with Gasteiger partial charge in [0.1, 0.15) is 5.75 Å². The van der Waals surface area contributed by atoms with E-state index >= 15 is 0 Å². The van der Waals surface area contributed by atoms with Crippen molar-refractivity contribution in [3.05, 3.63) is 52.1 Å². The van der Waals surface area contributed by atoms with Crippen LogP contribution in [0.3, 0.4) is 0 Å².